The van der Waals surface area contributed by atoms with Crippen LogP contribution in [0.3, 0.4) is 0 Å². The standard InChI is InChI=1S/C14H22BrNO2/c1-3-12(2)16-8-9-17-10-11-18-14-6-4-13(15)5-7-14/h4-7,12,16H,3,8-11H2,1-2H3/p+1/t12-/m1/s1. The van der Waals surface area contributed by atoms with Crippen LogP contribution in [0.2, 0.25) is 0 Å². The predicted molar refractivity (Wildman–Crippen MR) is 77.0 cm³/mol. The fourth-order valence-electron chi connectivity index (χ4n) is 1.45. The van der Waals surface area contributed by atoms with Crippen molar-refractivity contribution in [3.8, 4) is 5.75 Å². The lowest BCUT2D eigenvalue weighted by atomic mass is 10.3. The maximum atomic E-state index is 5.55. The Morgan fingerprint density at radius 3 is 2.56 bits per heavy atom. The monoisotopic (exact) mass is 316 g/mol. The first-order valence-corrected chi connectivity index (χ1v) is 7.31. The fraction of sp³-hybridized carbons (Fsp3) is 0.571. The van der Waals surface area contributed by atoms with E-state index in [9.17, 15) is 0 Å². The van der Waals surface area contributed by atoms with Crippen LogP contribution in [0.5, 0.6) is 5.75 Å². The molecule has 4 heteroatoms. The minimum absolute atomic E-state index is 0.602. The van der Waals surface area contributed by atoms with Crippen LogP contribution in [0.4, 0.5) is 0 Å². The summed E-state index contributed by atoms with van der Waals surface area (Å²) >= 11 is 3.39. The zero-order valence-electron chi connectivity index (χ0n) is 11.2. The predicted octanol–water partition coefficient (Wildman–Crippen LogP) is 2.21. The van der Waals surface area contributed by atoms with Crippen LogP contribution < -0.4 is 10.1 Å². The average molecular weight is 317 g/mol. The van der Waals surface area contributed by atoms with Gasteiger partial charge in [0.05, 0.1) is 25.8 Å². The molecule has 0 unspecified atom stereocenters. The maximum absolute atomic E-state index is 5.55. The first-order valence-electron chi connectivity index (χ1n) is 6.51. The number of rotatable bonds is 9. The largest absolute Gasteiger partial charge is 0.491 e. The number of quaternary nitrogens is 1. The zero-order chi connectivity index (χ0) is 13.2. The topological polar surface area (TPSA) is 35.1 Å². The minimum atomic E-state index is 0.602. The molecule has 0 amide bonds. The molecule has 0 saturated carbocycles. The molecule has 1 aromatic rings. The summed E-state index contributed by atoms with van der Waals surface area (Å²) in [5.41, 5.74) is 0. The summed E-state index contributed by atoms with van der Waals surface area (Å²) in [6.45, 7) is 7.49. The number of nitrogens with two attached hydrogens (primary N) is 1. The van der Waals surface area contributed by atoms with Crippen molar-refractivity contribution in [3.63, 3.8) is 0 Å². The third kappa shape index (κ3) is 6.99. The number of benzene rings is 1. The summed E-state index contributed by atoms with van der Waals surface area (Å²) in [6, 6.07) is 8.52. The molecule has 0 bridgehead atoms. The SMILES string of the molecule is CC[C@@H](C)[NH2+]CCOCCOc1ccc(Br)cc1. The van der Waals surface area contributed by atoms with Crippen LogP contribution in [-0.2, 0) is 4.74 Å². The van der Waals surface area contributed by atoms with Crippen molar-refractivity contribution in [2.75, 3.05) is 26.4 Å². The van der Waals surface area contributed by atoms with Gasteiger partial charge in [-0.1, -0.05) is 22.9 Å². The van der Waals surface area contributed by atoms with Gasteiger partial charge in [0, 0.05) is 4.47 Å². The first kappa shape index (κ1) is 15.5. The second-order valence-electron chi connectivity index (χ2n) is 4.32. The van der Waals surface area contributed by atoms with Gasteiger partial charge in [-0.3, -0.25) is 0 Å². The molecule has 18 heavy (non-hydrogen) atoms. The third-order valence-electron chi connectivity index (χ3n) is 2.79. The Hall–Kier alpha value is -0.580. The molecule has 1 aromatic carbocycles. The van der Waals surface area contributed by atoms with Crippen LogP contribution in [0.1, 0.15) is 20.3 Å². The number of hydrogen-bond donors (Lipinski definition) is 1. The number of hydrogen-bond acceptors (Lipinski definition) is 2. The maximum Gasteiger partial charge on any atom is 0.119 e. The summed E-state index contributed by atoms with van der Waals surface area (Å²) in [5, 5.41) is 2.32. The van der Waals surface area contributed by atoms with E-state index in [0.29, 0.717) is 19.3 Å². The second-order valence-corrected chi connectivity index (χ2v) is 5.24. The zero-order valence-corrected chi connectivity index (χ0v) is 12.8. The highest BCUT2D eigenvalue weighted by Crippen LogP contribution is 2.15. The van der Waals surface area contributed by atoms with Crippen LogP contribution in [0, 0.1) is 0 Å². The van der Waals surface area contributed by atoms with Crippen molar-refractivity contribution in [1.29, 1.82) is 0 Å². The molecule has 0 aliphatic heterocycles. The number of ether oxygens (including phenoxy) is 2. The molecular weight excluding hydrogens is 294 g/mol. The van der Waals surface area contributed by atoms with Crippen molar-refractivity contribution in [2.24, 2.45) is 0 Å². The van der Waals surface area contributed by atoms with Gasteiger partial charge >= 0.3 is 0 Å². The summed E-state index contributed by atoms with van der Waals surface area (Å²) in [7, 11) is 0. The lowest BCUT2D eigenvalue weighted by molar-refractivity contribution is -0.687. The van der Waals surface area contributed by atoms with E-state index < -0.39 is 0 Å². The molecule has 1 atom stereocenters. The molecule has 0 heterocycles. The Labute approximate surface area is 118 Å². The Balaban J connectivity index is 1.97. The average Bonchev–Trinajstić information content (AvgIpc) is 2.39. The van der Waals surface area contributed by atoms with E-state index in [1.165, 1.54) is 6.42 Å². The van der Waals surface area contributed by atoms with E-state index in [2.05, 4.69) is 35.1 Å². The highest BCUT2D eigenvalue weighted by Gasteiger charge is 2.00. The Bertz CT molecular complexity index is 316. The van der Waals surface area contributed by atoms with E-state index >= 15 is 0 Å². The quantitative estimate of drug-likeness (QED) is 0.709. The third-order valence-corrected chi connectivity index (χ3v) is 3.31. The molecule has 0 aliphatic carbocycles. The molecule has 3 nitrogen and oxygen atoms in total. The van der Waals surface area contributed by atoms with Gasteiger partial charge in [0.25, 0.3) is 0 Å². The van der Waals surface area contributed by atoms with E-state index in [0.717, 1.165) is 23.4 Å². The van der Waals surface area contributed by atoms with E-state index in [4.69, 9.17) is 9.47 Å². The van der Waals surface area contributed by atoms with Gasteiger partial charge in [-0.05, 0) is 37.6 Å². The van der Waals surface area contributed by atoms with Crippen LogP contribution in [0.15, 0.2) is 28.7 Å². The minimum Gasteiger partial charge on any atom is -0.491 e. The lowest BCUT2D eigenvalue weighted by Gasteiger charge is -2.09. The molecule has 0 aliphatic rings. The van der Waals surface area contributed by atoms with Gasteiger partial charge in [0.15, 0.2) is 0 Å². The normalized spacial score (nSPS) is 12.4. The molecule has 0 spiro atoms. The van der Waals surface area contributed by atoms with Gasteiger partial charge in [-0.25, -0.2) is 0 Å². The van der Waals surface area contributed by atoms with Gasteiger partial charge < -0.3 is 14.8 Å². The molecule has 2 N–H and O–H groups in total. The second kappa shape index (κ2) is 9.36. The smallest absolute Gasteiger partial charge is 0.119 e. The Kier molecular flexibility index (Phi) is 8.05. The van der Waals surface area contributed by atoms with E-state index in [1.807, 2.05) is 24.3 Å². The van der Waals surface area contributed by atoms with Gasteiger partial charge in [0.2, 0.25) is 0 Å². The number of halogens is 1. The molecule has 102 valence electrons. The van der Waals surface area contributed by atoms with Crippen molar-refractivity contribution in [3.05, 3.63) is 28.7 Å². The summed E-state index contributed by atoms with van der Waals surface area (Å²) in [6.07, 6.45) is 1.20. The molecule has 0 radical (unpaired) electrons. The van der Waals surface area contributed by atoms with Crippen molar-refractivity contribution in [1.82, 2.24) is 0 Å². The highest BCUT2D eigenvalue weighted by atomic mass is 79.9. The molecule has 0 fully saturated rings. The van der Waals surface area contributed by atoms with Crippen LogP contribution in [0.25, 0.3) is 0 Å². The van der Waals surface area contributed by atoms with Crippen molar-refractivity contribution >= 4 is 15.9 Å². The lowest BCUT2D eigenvalue weighted by Crippen LogP contribution is -2.90. The summed E-state index contributed by atoms with van der Waals surface area (Å²) in [5.74, 6) is 0.882. The van der Waals surface area contributed by atoms with Crippen LogP contribution in [-0.4, -0.2) is 32.4 Å². The van der Waals surface area contributed by atoms with Gasteiger partial charge in [0.1, 0.15) is 12.4 Å². The highest BCUT2D eigenvalue weighted by molar-refractivity contribution is 9.10. The van der Waals surface area contributed by atoms with Crippen LogP contribution >= 0.6 is 15.9 Å². The van der Waals surface area contributed by atoms with Crippen molar-refractivity contribution < 1.29 is 14.8 Å². The van der Waals surface area contributed by atoms with Crippen molar-refractivity contribution in [2.45, 2.75) is 26.3 Å². The Morgan fingerprint density at radius 2 is 1.89 bits per heavy atom. The fourth-order valence-corrected chi connectivity index (χ4v) is 1.72. The van der Waals surface area contributed by atoms with Gasteiger partial charge in [-0.2, -0.15) is 0 Å². The molecular formula is C14H23BrNO2+. The van der Waals surface area contributed by atoms with E-state index in [1.54, 1.807) is 0 Å². The Morgan fingerprint density at radius 1 is 1.17 bits per heavy atom. The van der Waals surface area contributed by atoms with Gasteiger partial charge in [-0.15, -0.1) is 0 Å². The molecule has 1 rings (SSSR count). The molecule has 0 saturated heterocycles. The van der Waals surface area contributed by atoms with E-state index in [-0.39, 0.29) is 0 Å². The first-order chi connectivity index (χ1) is 8.72. The molecule has 0 aromatic heterocycles. The summed E-state index contributed by atoms with van der Waals surface area (Å²) < 4.78 is 12.1. The summed E-state index contributed by atoms with van der Waals surface area (Å²) in [4.78, 5) is 0.